The molecule has 6 heteroatoms. The molecule has 2 aliphatic rings. The molecule has 1 N–H and O–H groups in total. The van der Waals surface area contributed by atoms with Crippen LogP contribution in [0.5, 0.6) is 11.5 Å². The largest absolute Gasteiger partial charge is 0.497 e. The first-order valence-corrected chi connectivity index (χ1v) is 10.5. The average molecular weight is 411 g/mol. The second-order valence-corrected chi connectivity index (χ2v) is 8.58. The zero-order chi connectivity index (χ0) is 21.1. The van der Waals surface area contributed by atoms with Crippen LogP contribution in [0, 0.1) is 0 Å². The van der Waals surface area contributed by atoms with Gasteiger partial charge in [0.1, 0.15) is 17.1 Å². The number of amides is 1. The fourth-order valence-electron chi connectivity index (χ4n) is 4.16. The molecular formula is C24H30N2O4. The van der Waals surface area contributed by atoms with Crippen molar-refractivity contribution in [3.8, 4) is 11.5 Å². The molecule has 0 bridgehead atoms. The van der Waals surface area contributed by atoms with E-state index in [9.17, 15) is 4.79 Å². The lowest BCUT2D eigenvalue weighted by molar-refractivity contribution is 0.0341. The summed E-state index contributed by atoms with van der Waals surface area (Å²) in [6.07, 6.45) is 0.687. The predicted octanol–water partition coefficient (Wildman–Crippen LogP) is 3.56. The van der Waals surface area contributed by atoms with Crippen molar-refractivity contribution in [2.45, 2.75) is 38.5 Å². The molecule has 2 aromatic carbocycles. The van der Waals surface area contributed by atoms with Crippen molar-refractivity contribution in [3.63, 3.8) is 0 Å². The standard InChI is InChI=1S/C24H30N2O4/c1-24(2)15-21(20-14-19(28-3)7-8-22(20)30-24)25-23(27)18-6-4-5-17(13-18)16-26-9-11-29-12-10-26/h4-8,13-14,21H,9-12,15-16H2,1-3H3,(H,25,27). The zero-order valence-corrected chi connectivity index (χ0v) is 17.9. The molecule has 0 aliphatic carbocycles. The van der Waals surface area contributed by atoms with E-state index < -0.39 is 0 Å². The van der Waals surface area contributed by atoms with Gasteiger partial charge in [-0.1, -0.05) is 12.1 Å². The number of rotatable bonds is 5. The summed E-state index contributed by atoms with van der Waals surface area (Å²) in [5.41, 5.74) is 2.40. The van der Waals surface area contributed by atoms with E-state index in [1.54, 1.807) is 7.11 Å². The Morgan fingerprint density at radius 3 is 2.77 bits per heavy atom. The lowest BCUT2D eigenvalue weighted by Gasteiger charge is -2.38. The van der Waals surface area contributed by atoms with Crippen LogP contribution in [-0.2, 0) is 11.3 Å². The Labute approximate surface area is 178 Å². The van der Waals surface area contributed by atoms with E-state index in [2.05, 4.69) is 16.3 Å². The van der Waals surface area contributed by atoms with Crippen LogP contribution < -0.4 is 14.8 Å². The molecule has 4 rings (SSSR count). The van der Waals surface area contributed by atoms with Gasteiger partial charge in [-0.05, 0) is 49.7 Å². The van der Waals surface area contributed by atoms with E-state index in [4.69, 9.17) is 14.2 Å². The number of methoxy groups -OCH3 is 1. The van der Waals surface area contributed by atoms with Crippen molar-refractivity contribution in [2.75, 3.05) is 33.4 Å². The molecule has 6 nitrogen and oxygen atoms in total. The number of nitrogens with zero attached hydrogens (tertiary/aromatic N) is 1. The number of benzene rings is 2. The van der Waals surface area contributed by atoms with E-state index in [-0.39, 0.29) is 17.6 Å². The molecule has 1 fully saturated rings. The molecule has 1 saturated heterocycles. The minimum Gasteiger partial charge on any atom is -0.497 e. The van der Waals surface area contributed by atoms with Gasteiger partial charge >= 0.3 is 0 Å². The van der Waals surface area contributed by atoms with Crippen LogP contribution in [0.15, 0.2) is 42.5 Å². The van der Waals surface area contributed by atoms with Gasteiger partial charge in [-0.2, -0.15) is 0 Å². The highest BCUT2D eigenvalue weighted by atomic mass is 16.5. The van der Waals surface area contributed by atoms with Crippen molar-refractivity contribution in [1.82, 2.24) is 10.2 Å². The quantitative estimate of drug-likeness (QED) is 0.817. The Balaban J connectivity index is 1.51. The van der Waals surface area contributed by atoms with Crippen molar-refractivity contribution in [1.29, 1.82) is 0 Å². The molecular weight excluding hydrogens is 380 g/mol. The van der Waals surface area contributed by atoms with E-state index in [1.165, 1.54) is 0 Å². The summed E-state index contributed by atoms with van der Waals surface area (Å²) in [4.78, 5) is 15.5. The van der Waals surface area contributed by atoms with Gasteiger partial charge in [-0.3, -0.25) is 9.69 Å². The first-order valence-electron chi connectivity index (χ1n) is 10.5. The molecule has 0 aromatic heterocycles. The monoisotopic (exact) mass is 410 g/mol. The lowest BCUT2D eigenvalue weighted by Crippen LogP contribution is -2.41. The van der Waals surface area contributed by atoms with Crippen LogP contribution in [0.25, 0.3) is 0 Å². The van der Waals surface area contributed by atoms with E-state index in [0.717, 1.165) is 55.5 Å². The minimum atomic E-state index is -0.363. The SMILES string of the molecule is COc1ccc2c(c1)C(NC(=O)c1cccc(CN3CCOCC3)c1)CC(C)(C)O2. The average Bonchev–Trinajstić information content (AvgIpc) is 2.73. The first kappa shape index (κ1) is 20.7. The normalized spacial score (nSPS) is 20.7. The minimum absolute atomic E-state index is 0.0738. The molecule has 0 radical (unpaired) electrons. The molecule has 160 valence electrons. The second kappa shape index (κ2) is 8.66. The summed E-state index contributed by atoms with van der Waals surface area (Å²) < 4.78 is 16.9. The highest BCUT2D eigenvalue weighted by molar-refractivity contribution is 5.94. The summed E-state index contributed by atoms with van der Waals surface area (Å²) in [7, 11) is 1.64. The molecule has 30 heavy (non-hydrogen) atoms. The number of hydrogen-bond donors (Lipinski definition) is 1. The van der Waals surface area contributed by atoms with Gasteiger partial charge in [0.2, 0.25) is 0 Å². The fourth-order valence-corrected chi connectivity index (χ4v) is 4.16. The highest BCUT2D eigenvalue weighted by Crippen LogP contribution is 2.41. The maximum Gasteiger partial charge on any atom is 0.251 e. The number of carbonyl (C=O) groups is 1. The third-order valence-electron chi connectivity index (χ3n) is 5.68. The van der Waals surface area contributed by atoms with Crippen LogP contribution in [0.2, 0.25) is 0 Å². The van der Waals surface area contributed by atoms with Gasteiger partial charge in [0, 0.05) is 37.2 Å². The molecule has 2 heterocycles. The van der Waals surface area contributed by atoms with Gasteiger partial charge in [0.25, 0.3) is 5.91 Å². The van der Waals surface area contributed by atoms with Crippen molar-refractivity contribution in [2.24, 2.45) is 0 Å². The smallest absolute Gasteiger partial charge is 0.251 e. The van der Waals surface area contributed by atoms with Gasteiger partial charge < -0.3 is 19.5 Å². The number of hydrogen-bond acceptors (Lipinski definition) is 5. The van der Waals surface area contributed by atoms with Gasteiger partial charge in [-0.15, -0.1) is 0 Å². The predicted molar refractivity (Wildman–Crippen MR) is 115 cm³/mol. The van der Waals surface area contributed by atoms with Gasteiger partial charge in [0.15, 0.2) is 0 Å². The summed E-state index contributed by atoms with van der Waals surface area (Å²) in [5.74, 6) is 1.47. The van der Waals surface area contributed by atoms with E-state index >= 15 is 0 Å². The molecule has 2 aromatic rings. The summed E-state index contributed by atoms with van der Waals surface area (Å²) in [6.45, 7) is 8.29. The van der Waals surface area contributed by atoms with Gasteiger partial charge in [0.05, 0.1) is 26.4 Å². The van der Waals surface area contributed by atoms with Gasteiger partial charge in [-0.25, -0.2) is 0 Å². The molecule has 1 unspecified atom stereocenters. The first-order chi connectivity index (χ1) is 14.4. The molecule has 0 spiro atoms. The fraction of sp³-hybridized carbons (Fsp3) is 0.458. The molecule has 0 saturated carbocycles. The molecule has 1 amide bonds. The van der Waals surface area contributed by atoms with Crippen molar-refractivity contribution >= 4 is 5.91 Å². The maximum absolute atomic E-state index is 13.1. The highest BCUT2D eigenvalue weighted by Gasteiger charge is 2.35. The summed E-state index contributed by atoms with van der Waals surface area (Å²) >= 11 is 0. The van der Waals surface area contributed by atoms with Crippen LogP contribution in [0.4, 0.5) is 0 Å². The third-order valence-corrected chi connectivity index (χ3v) is 5.68. The Morgan fingerprint density at radius 1 is 1.20 bits per heavy atom. The van der Waals surface area contributed by atoms with Crippen molar-refractivity contribution < 1.29 is 19.0 Å². The van der Waals surface area contributed by atoms with Crippen molar-refractivity contribution in [3.05, 3.63) is 59.2 Å². The Bertz CT molecular complexity index is 906. The maximum atomic E-state index is 13.1. The van der Waals surface area contributed by atoms with Crippen LogP contribution in [0.3, 0.4) is 0 Å². The zero-order valence-electron chi connectivity index (χ0n) is 17.9. The second-order valence-electron chi connectivity index (χ2n) is 8.58. The lowest BCUT2D eigenvalue weighted by atomic mass is 9.89. The number of morpholine rings is 1. The third kappa shape index (κ3) is 4.77. The number of carbonyl (C=O) groups excluding carboxylic acids is 1. The summed E-state index contributed by atoms with van der Waals surface area (Å²) in [5, 5.41) is 3.22. The Morgan fingerprint density at radius 2 is 2.00 bits per heavy atom. The number of fused-ring (bicyclic) bond motifs is 1. The van der Waals surface area contributed by atoms with Crippen LogP contribution >= 0.6 is 0 Å². The summed E-state index contributed by atoms with van der Waals surface area (Å²) in [6, 6.07) is 13.5. The Kier molecular flexibility index (Phi) is 5.97. The van der Waals surface area contributed by atoms with Crippen LogP contribution in [0.1, 0.15) is 47.8 Å². The topological polar surface area (TPSA) is 60.0 Å². The van der Waals surface area contributed by atoms with Crippen LogP contribution in [-0.4, -0.2) is 49.8 Å². The molecule has 1 atom stereocenters. The Hall–Kier alpha value is -2.57. The number of ether oxygens (including phenoxy) is 3. The number of nitrogens with one attached hydrogen (secondary N) is 1. The van der Waals surface area contributed by atoms with E-state index in [0.29, 0.717) is 12.0 Å². The molecule has 2 aliphatic heterocycles. The van der Waals surface area contributed by atoms with E-state index in [1.807, 2.05) is 50.2 Å².